The van der Waals surface area contributed by atoms with Gasteiger partial charge < -0.3 is 14.8 Å². The molecular weight excluding hydrogens is 398 g/mol. The third-order valence-electron chi connectivity index (χ3n) is 4.23. The van der Waals surface area contributed by atoms with Crippen molar-refractivity contribution in [1.82, 2.24) is 5.32 Å². The molecule has 1 atom stereocenters. The van der Waals surface area contributed by atoms with Crippen molar-refractivity contribution < 1.29 is 19.1 Å². The predicted octanol–water partition coefficient (Wildman–Crippen LogP) is 4.61. The van der Waals surface area contributed by atoms with Gasteiger partial charge in [0.1, 0.15) is 5.75 Å². The quantitative estimate of drug-likeness (QED) is 0.405. The Balaban J connectivity index is 1.57. The van der Waals surface area contributed by atoms with Gasteiger partial charge in [0.2, 0.25) is 0 Å². The van der Waals surface area contributed by atoms with Crippen LogP contribution in [0, 0.1) is 0 Å². The van der Waals surface area contributed by atoms with Gasteiger partial charge in [0, 0.05) is 16.5 Å². The highest BCUT2D eigenvalue weighted by molar-refractivity contribution is 7.10. The molecule has 0 aliphatic carbocycles. The Bertz CT molecular complexity index is 983. The summed E-state index contributed by atoms with van der Waals surface area (Å²) in [4.78, 5) is 25.5. The van der Waals surface area contributed by atoms with Gasteiger partial charge in [0.15, 0.2) is 6.61 Å². The van der Waals surface area contributed by atoms with Crippen molar-refractivity contribution in [3.8, 4) is 5.75 Å². The zero-order valence-corrected chi connectivity index (χ0v) is 17.4. The van der Waals surface area contributed by atoms with Crippen molar-refractivity contribution >= 4 is 29.3 Å². The molecule has 0 aliphatic heterocycles. The molecule has 6 heteroatoms. The van der Waals surface area contributed by atoms with Crippen molar-refractivity contribution in [2.24, 2.45) is 0 Å². The largest absolute Gasteiger partial charge is 0.493 e. The maximum atomic E-state index is 12.4. The summed E-state index contributed by atoms with van der Waals surface area (Å²) in [5.41, 5.74) is 1.73. The summed E-state index contributed by atoms with van der Waals surface area (Å²) in [5.74, 6) is -0.277. The maximum Gasteiger partial charge on any atom is 0.331 e. The van der Waals surface area contributed by atoms with E-state index in [1.165, 1.54) is 6.08 Å². The Morgan fingerprint density at radius 2 is 1.80 bits per heavy atom. The molecule has 1 aromatic heterocycles. The molecule has 0 spiro atoms. The second-order valence-corrected chi connectivity index (χ2v) is 7.32. The number of carbonyl (C=O) groups excluding carboxylic acids is 2. The van der Waals surface area contributed by atoms with Gasteiger partial charge in [0.25, 0.3) is 5.91 Å². The minimum atomic E-state index is -0.594. The average Bonchev–Trinajstić information content (AvgIpc) is 3.31. The molecule has 5 nitrogen and oxygen atoms in total. The minimum absolute atomic E-state index is 0.286. The van der Waals surface area contributed by atoms with Gasteiger partial charge in [-0.25, -0.2) is 4.79 Å². The van der Waals surface area contributed by atoms with Crippen molar-refractivity contribution in [1.29, 1.82) is 0 Å². The van der Waals surface area contributed by atoms with Gasteiger partial charge in [-0.05, 0) is 36.1 Å². The van der Waals surface area contributed by atoms with Crippen LogP contribution in [0.3, 0.4) is 0 Å². The van der Waals surface area contributed by atoms with Crippen molar-refractivity contribution in [3.63, 3.8) is 0 Å². The number of ether oxygens (including phenoxy) is 2. The standard InChI is InChI=1S/C24H23NO4S/c1-2-28-20-12-7-6-9-18(20)14-15-23(27)29-17-22(26)25-24(21-13-8-16-30-21)19-10-4-3-5-11-19/h3-16,24H,2,17H2,1H3,(H,25,26)/b15-14+/t24-/m0/s1. The van der Waals surface area contributed by atoms with Gasteiger partial charge in [-0.15, -0.1) is 11.3 Å². The molecule has 1 N–H and O–H groups in total. The molecule has 0 aliphatic rings. The SMILES string of the molecule is CCOc1ccccc1/C=C/C(=O)OCC(=O)N[C@@H](c1ccccc1)c1cccs1. The lowest BCUT2D eigenvalue weighted by Gasteiger charge is -2.18. The molecule has 0 radical (unpaired) electrons. The Hall–Kier alpha value is -3.38. The number of hydrogen-bond donors (Lipinski definition) is 1. The molecule has 30 heavy (non-hydrogen) atoms. The Kier molecular flexibility index (Phi) is 7.80. The van der Waals surface area contributed by atoms with E-state index in [0.717, 1.165) is 16.0 Å². The Morgan fingerprint density at radius 1 is 1.03 bits per heavy atom. The monoisotopic (exact) mass is 421 g/mol. The average molecular weight is 422 g/mol. The second-order valence-electron chi connectivity index (χ2n) is 6.34. The van der Waals surface area contributed by atoms with E-state index in [1.54, 1.807) is 17.4 Å². The summed E-state index contributed by atoms with van der Waals surface area (Å²) < 4.78 is 10.6. The van der Waals surface area contributed by atoms with Crippen LogP contribution in [-0.2, 0) is 14.3 Å². The molecule has 0 unspecified atom stereocenters. The van der Waals surface area contributed by atoms with Crippen molar-refractivity contribution in [2.75, 3.05) is 13.2 Å². The molecule has 3 rings (SSSR count). The molecule has 154 valence electrons. The lowest BCUT2D eigenvalue weighted by atomic mass is 10.1. The number of amides is 1. The molecule has 1 heterocycles. The topological polar surface area (TPSA) is 64.6 Å². The lowest BCUT2D eigenvalue weighted by Crippen LogP contribution is -2.32. The first-order valence-electron chi connectivity index (χ1n) is 9.61. The fraction of sp³-hybridized carbons (Fsp3) is 0.167. The highest BCUT2D eigenvalue weighted by atomic mass is 32.1. The van der Waals surface area contributed by atoms with E-state index in [2.05, 4.69) is 5.32 Å². The summed E-state index contributed by atoms with van der Waals surface area (Å²) >= 11 is 1.56. The van der Waals surface area contributed by atoms with Crippen LogP contribution in [0.5, 0.6) is 5.75 Å². The molecule has 0 saturated carbocycles. The van der Waals surface area contributed by atoms with Crippen molar-refractivity contribution in [3.05, 3.63) is 94.2 Å². The van der Waals surface area contributed by atoms with Crippen LogP contribution in [0.2, 0.25) is 0 Å². The van der Waals surface area contributed by atoms with E-state index in [9.17, 15) is 9.59 Å². The van der Waals surface area contributed by atoms with Crippen LogP contribution >= 0.6 is 11.3 Å². The zero-order chi connectivity index (χ0) is 21.2. The number of hydrogen-bond acceptors (Lipinski definition) is 5. The first-order chi connectivity index (χ1) is 14.7. The number of esters is 1. The van der Waals surface area contributed by atoms with E-state index >= 15 is 0 Å². The summed E-state index contributed by atoms with van der Waals surface area (Å²) in [6.07, 6.45) is 2.91. The smallest absolute Gasteiger partial charge is 0.331 e. The number of nitrogens with one attached hydrogen (secondary N) is 1. The number of carbonyl (C=O) groups is 2. The Labute approximate surface area is 180 Å². The number of rotatable bonds is 9. The lowest BCUT2D eigenvalue weighted by molar-refractivity contribution is -0.143. The van der Waals surface area contributed by atoms with Gasteiger partial charge >= 0.3 is 5.97 Å². The predicted molar refractivity (Wildman–Crippen MR) is 118 cm³/mol. The van der Waals surface area contributed by atoms with Crippen LogP contribution in [0.25, 0.3) is 6.08 Å². The van der Waals surface area contributed by atoms with E-state index in [4.69, 9.17) is 9.47 Å². The molecule has 0 bridgehead atoms. The molecule has 3 aromatic rings. The van der Waals surface area contributed by atoms with Crippen LogP contribution in [0.4, 0.5) is 0 Å². The summed E-state index contributed by atoms with van der Waals surface area (Å²) in [7, 11) is 0. The maximum absolute atomic E-state index is 12.4. The number of para-hydroxylation sites is 1. The third-order valence-corrected chi connectivity index (χ3v) is 5.17. The molecule has 2 aromatic carbocycles. The molecular formula is C24H23NO4S. The normalized spacial score (nSPS) is 11.8. The van der Waals surface area contributed by atoms with Gasteiger partial charge in [-0.2, -0.15) is 0 Å². The molecule has 0 saturated heterocycles. The van der Waals surface area contributed by atoms with Gasteiger partial charge in [-0.1, -0.05) is 54.6 Å². The van der Waals surface area contributed by atoms with E-state index in [1.807, 2.05) is 79.0 Å². The fourth-order valence-corrected chi connectivity index (χ4v) is 3.67. The first kappa shape index (κ1) is 21.3. The van der Waals surface area contributed by atoms with E-state index < -0.39 is 5.97 Å². The van der Waals surface area contributed by atoms with Gasteiger partial charge in [0.05, 0.1) is 12.6 Å². The second kappa shape index (κ2) is 11.0. The van der Waals surface area contributed by atoms with E-state index in [0.29, 0.717) is 12.4 Å². The van der Waals surface area contributed by atoms with E-state index in [-0.39, 0.29) is 18.6 Å². The third kappa shape index (κ3) is 6.06. The summed E-state index contributed by atoms with van der Waals surface area (Å²) in [6, 6.07) is 20.7. The Morgan fingerprint density at radius 3 is 2.53 bits per heavy atom. The summed E-state index contributed by atoms with van der Waals surface area (Å²) in [5, 5.41) is 4.90. The number of thiophene rings is 1. The van der Waals surface area contributed by atoms with Gasteiger partial charge in [-0.3, -0.25) is 4.79 Å². The highest BCUT2D eigenvalue weighted by Gasteiger charge is 2.18. The van der Waals surface area contributed by atoms with Crippen molar-refractivity contribution in [2.45, 2.75) is 13.0 Å². The number of benzene rings is 2. The highest BCUT2D eigenvalue weighted by Crippen LogP contribution is 2.25. The molecule has 1 amide bonds. The first-order valence-corrected chi connectivity index (χ1v) is 10.5. The van der Waals surface area contributed by atoms with Crippen LogP contribution in [-0.4, -0.2) is 25.1 Å². The van der Waals surface area contributed by atoms with Crippen LogP contribution < -0.4 is 10.1 Å². The van der Waals surface area contributed by atoms with Crippen LogP contribution in [0.15, 0.2) is 78.2 Å². The summed E-state index contributed by atoms with van der Waals surface area (Å²) in [6.45, 7) is 2.07. The zero-order valence-electron chi connectivity index (χ0n) is 16.6. The molecule has 0 fully saturated rings. The fourth-order valence-electron chi connectivity index (χ4n) is 2.87. The van der Waals surface area contributed by atoms with Crippen LogP contribution in [0.1, 0.15) is 29.0 Å². The minimum Gasteiger partial charge on any atom is -0.493 e.